The second kappa shape index (κ2) is 8.22. The third-order valence-electron chi connectivity index (χ3n) is 3.34. The third kappa shape index (κ3) is 4.35. The number of aromatic nitrogens is 3. The molecule has 12 heteroatoms. The highest BCUT2D eigenvalue weighted by atomic mass is 35.5. The van der Waals surface area contributed by atoms with Crippen molar-refractivity contribution in [3.63, 3.8) is 0 Å². The first-order valence-electron chi connectivity index (χ1n) is 6.65. The third-order valence-corrected chi connectivity index (χ3v) is 3.63. The first kappa shape index (κ1) is 21.5. The Hall–Kier alpha value is -1.55. The Kier molecular flexibility index (Phi) is 7.07. The standard InChI is InChI=1S/C13H11ClF3N5O.2ClH/c14-9-2-1-3-19-11(9)22-10(13(15,16)17)8(6-20-22)12(23)21-7-4-18-5-7;;/h1-3,6-7,18H,4-5H2,(H,21,23);2*1H. The zero-order valence-corrected chi connectivity index (χ0v) is 14.8. The zero-order valence-electron chi connectivity index (χ0n) is 12.4. The normalized spacial score (nSPS) is 14.1. The van der Waals surface area contributed by atoms with Crippen LogP contribution in [0, 0.1) is 0 Å². The monoisotopic (exact) mass is 417 g/mol. The number of nitrogens with one attached hydrogen (secondary N) is 2. The summed E-state index contributed by atoms with van der Waals surface area (Å²) < 4.78 is 40.8. The van der Waals surface area contributed by atoms with Crippen LogP contribution in [0.4, 0.5) is 13.2 Å². The quantitative estimate of drug-likeness (QED) is 0.803. The fourth-order valence-corrected chi connectivity index (χ4v) is 2.34. The molecule has 0 unspecified atom stereocenters. The molecule has 1 saturated heterocycles. The summed E-state index contributed by atoms with van der Waals surface area (Å²) in [4.78, 5) is 15.9. The summed E-state index contributed by atoms with van der Waals surface area (Å²) in [5, 5.41) is 9.09. The number of nitrogens with zero attached hydrogens (tertiary/aromatic N) is 3. The van der Waals surface area contributed by atoms with Crippen molar-refractivity contribution in [3.8, 4) is 5.82 Å². The van der Waals surface area contributed by atoms with Gasteiger partial charge >= 0.3 is 6.18 Å². The number of hydrogen-bond acceptors (Lipinski definition) is 4. The van der Waals surface area contributed by atoms with E-state index in [4.69, 9.17) is 11.6 Å². The lowest BCUT2D eigenvalue weighted by molar-refractivity contribution is -0.143. The molecule has 0 radical (unpaired) electrons. The maximum atomic E-state index is 13.4. The van der Waals surface area contributed by atoms with Gasteiger partial charge in [0.15, 0.2) is 11.5 Å². The van der Waals surface area contributed by atoms with Gasteiger partial charge in [-0.3, -0.25) is 4.79 Å². The lowest BCUT2D eigenvalue weighted by Crippen LogP contribution is -2.57. The van der Waals surface area contributed by atoms with Gasteiger partial charge in [-0.05, 0) is 12.1 Å². The highest BCUT2D eigenvalue weighted by molar-refractivity contribution is 6.32. The van der Waals surface area contributed by atoms with Gasteiger partial charge in [0.2, 0.25) is 0 Å². The van der Waals surface area contributed by atoms with Crippen molar-refractivity contribution in [2.24, 2.45) is 0 Å². The van der Waals surface area contributed by atoms with Crippen LogP contribution < -0.4 is 10.6 Å². The molecule has 1 amide bonds. The lowest BCUT2D eigenvalue weighted by Gasteiger charge is -2.27. The molecule has 25 heavy (non-hydrogen) atoms. The number of amides is 1. The van der Waals surface area contributed by atoms with E-state index >= 15 is 0 Å². The molecule has 1 aliphatic heterocycles. The van der Waals surface area contributed by atoms with Gasteiger partial charge in [-0.15, -0.1) is 24.8 Å². The van der Waals surface area contributed by atoms with Crippen LogP contribution in [0.3, 0.4) is 0 Å². The average Bonchev–Trinajstić information content (AvgIpc) is 2.88. The van der Waals surface area contributed by atoms with Crippen molar-refractivity contribution >= 4 is 42.3 Å². The lowest BCUT2D eigenvalue weighted by atomic mass is 10.1. The van der Waals surface area contributed by atoms with E-state index in [1.165, 1.54) is 18.3 Å². The Bertz CT molecular complexity index is 749. The van der Waals surface area contributed by atoms with E-state index in [0.29, 0.717) is 17.8 Å². The predicted molar refractivity (Wildman–Crippen MR) is 90.0 cm³/mol. The zero-order chi connectivity index (χ0) is 16.6. The van der Waals surface area contributed by atoms with Crippen LogP contribution in [0.15, 0.2) is 24.5 Å². The van der Waals surface area contributed by atoms with Gasteiger partial charge in [0.25, 0.3) is 5.91 Å². The van der Waals surface area contributed by atoms with Gasteiger partial charge in [0, 0.05) is 19.3 Å². The minimum atomic E-state index is -4.79. The average molecular weight is 419 g/mol. The molecule has 0 aliphatic carbocycles. The molecular weight excluding hydrogens is 406 g/mol. The van der Waals surface area contributed by atoms with E-state index in [1.54, 1.807) is 0 Å². The molecule has 0 saturated carbocycles. The van der Waals surface area contributed by atoms with Crippen molar-refractivity contribution in [2.75, 3.05) is 13.1 Å². The Morgan fingerprint density at radius 1 is 1.36 bits per heavy atom. The summed E-state index contributed by atoms with van der Waals surface area (Å²) in [5.74, 6) is -1.02. The number of rotatable bonds is 3. The Morgan fingerprint density at radius 3 is 2.56 bits per heavy atom. The second-order valence-electron chi connectivity index (χ2n) is 4.95. The van der Waals surface area contributed by atoms with E-state index in [2.05, 4.69) is 20.7 Å². The summed E-state index contributed by atoms with van der Waals surface area (Å²) >= 11 is 5.89. The number of alkyl halides is 3. The second-order valence-corrected chi connectivity index (χ2v) is 5.36. The van der Waals surface area contributed by atoms with Crippen LogP contribution in [-0.2, 0) is 6.18 Å². The van der Waals surface area contributed by atoms with Crippen LogP contribution in [0.2, 0.25) is 5.02 Å². The van der Waals surface area contributed by atoms with Crippen molar-refractivity contribution in [3.05, 3.63) is 40.8 Å². The summed E-state index contributed by atoms with van der Waals surface area (Å²) in [6.07, 6.45) is -2.63. The maximum Gasteiger partial charge on any atom is 0.434 e. The fraction of sp³-hybridized carbons (Fsp3) is 0.308. The molecule has 2 aromatic rings. The molecule has 1 fully saturated rings. The number of pyridine rings is 1. The van der Waals surface area contributed by atoms with Crippen molar-refractivity contribution < 1.29 is 18.0 Å². The maximum absolute atomic E-state index is 13.4. The minimum absolute atomic E-state index is 0. The molecular formula is C13H13Cl3F3N5O. The largest absolute Gasteiger partial charge is 0.434 e. The highest BCUT2D eigenvalue weighted by Gasteiger charge is 2.41. The fourth-order valence-electron chi connectivity index (χ4n) is 2.14. The topological polar surface area (TPSA) is 71.8 Å². The van der Waals surface area contributed by atoms with Gasteiger partial charge in [-0.1, -0.05) is 11.6 Å². The van der Waals surface area contributed by atoms with Crippen LogP contribution in [0.1, 0.15) is 16.1 Å². The minimum Gasteiger partial charge on any atom is -0.347 e. The van der Waals surface area contributed by atoms with E-state index < -0.39 is 23.3 Å². The molecule has 3 heterocycles. The number of carbonyl (C=O) groups is 1. The molecule has 0 aromatic carbocycles. The first-order chi connectivity index (χ1) is 10.9. The molecule has 1 aliphatic rings. The smallest absolute Gasteiger partial charge is 0.347 e. The van der Waals surface area contributed by atoms with Gasteiger partial charge in [-0.2, -0.15) is 18.3 Å². The SMILES string of the molecule is Cl.Cl.O=C(NC1CNC1)c1cnn(-c2ncccc2Cl)c1C(F)(F)F. The van der Waals surface area contributed by atoms with Crippen LogP contribution in [0.5, 0.6) is 0 Å². The summed E-state index contributed by atoms with van der Waals surface area (Å²) in [7, 11) is 0. The molecule has 0 bridgehead atoms. The van der Waals surface area contributed by atoms with E-state index in [1.807, 2.05) is 0 Å². The van der Waals surface area contributed by atoms with Crippen LogP contribution >= 0.6 is 36.4 Å². The van der Waals surface area contributed by atoms with Gasteiger partial charge in [0.05, 0.1) is 22.8 Å². The Labute approximate surface area is 158 Å². The number of carbonyl (C=O) groups excluding carboxylic acids is 1. The number of halogens is 6. The predicted octanol–water partition coefficient (Wildman–Crippen LogP) is 2.48. The molecule has 0 atom stereocenters. The van der Waals surface area contributed by atoms with Crippen LogP contribution in [0.25, 0.3) is 5.82 Å². The molecule has 2 aromatic heterocycles. The van der Waals surface area contributed by atoms with E-state index in [-0.39, 0.29) is 41.7 Å². The molecule has 2 N–H and O–H groups in total. The van der Waals surface area contributed by atoms with Crippen molar-refractivity contribution in [1.82, 2.24) is 25.4 Å². The van der Waals surface area contributed by atoms with Gasteiger partial charge < -0.3 is 10.6 Å². The first-order valence-corrected chi connectivity index (χ1v) is 7.03. The molecule has 0 spiro atoms. The Balaban J connectivity index is 0.00000156. The Morgan fingerprint density at radius 2 is 2.04 bits per heavy atom. The number of hydrogen-bond donors (Lipinski definition) is 2. The molecule has 138 valence electrons. The summed E-state index contributed by atoms with van der Waals surface area (Å²) in [5.41, 5.74) is -1.77. The van der Waals surface area contributed by atoms with E-state index in [0.717, 1.165) is 6.20 Å². The van der Waals surface area contributed by atoms with Gasteiger partial charge in [-0.25, -0.2) is 9.67 Å². The van der Waals surface area contributed by atoms with Crippen molar-refractivity contribution in [1.29, 1.82) is 0 Å². The van der Waals surface area contributed by atoms with Crippen molar-refractivity contribution in [2.45, 2.75) is 12.2 Å². The van der Waals surface area contributed by atoms with Gasteiger partial charge in [0.1, 0.15) is 0 Å². The van der Waals surface area contributed by atoms with Crippen LogP contribution in [-0.4, -0.2) is 39.8 Å². The molecule has 6 nitrogen and oxygen atoms in total. The highest BCUT2D eigenvalue weighted by Crippen LogP contribution is 2.34. The van der Waals surface area contributed by atoms with E-state index in [9.17, 15) is 18.0 Å². The summed E-state index contributed by atoms with van der Waals surface area (Å²) in [6, 6.07) is 2.69. The molecule has 3 rings (SSSR count). The summed E-state index contributed by atoms with van der Waals surface area (Å²) in [6.45, 7) is 1.04.